The average molecular weight is 448 g/mol. The van der Waals surface area contributed by atoms with Gasteiger partial charge < -0.3 is 25.4 Å². The Morgan fingerprint density at radius 3 is 2.22 bits per heavy atom. The first-order chi connectivity index (χ1) is 15.0. The van der Waals surface area contributed by atoms with E-state index in [0.717, 1.165) is 5.56 Å². The third-order valence-electron chi connectivity index (χ3n) is 5.18. The zero-order chi connectivity index (χ0) is 23.9. The lowest BCUT2D eigenvalue weighted by Gasteiger charge is -2.34. The molecule has 2 atom stereocenters. The van der Waals surface area contributed by atoms with Crippen molar-refractivity contribution < 1.29 is 29.0 Å². The van der Waals surface area contributed by atoms with Crippen LogP contribution in [0, 0.1) is 5.92 Å². The van der Waals surface area contributed by atoms with Crippen LogP contribution in [0.25, 0.3) is 0 Å². The number of carboxylic acid groups (broad SMARTS) is 1. The number of rotatable bonds is 7. The molecule has 1 heterocycles. The summed E-state index contributed by atoms with van der Waals surface area (Å²) in [5, 5.41) is 14.1. The fraction of sp³-hybridized carbons (Fsp3) is 0.565. The van der Waals surface area contributed by atoms with Crippen molar-refractivity contribution in [2.75, 3.05) is 13.1 Å². The molecule has 1 aliphatic rings. The summed E-state index contributed by atoms with van der Waals surface area (Å²) in [5.74, 6) is -2.01. The Hall–Kier alpha value is -3.10. The van der Waals surface area contributed by atoms with E-state index in [-0.39, 0.29) is 17.7 Å². The van der Waals surface area contributed by atoms with Crippen LogP contribution in [-0.2, 0) is 25.5 Å². The van der Waals surface area contributed by atoms with Crippen LogP contribution in [0.2, 0.25) is 0 Å². The van der Waals surface area contributed by atoms with Crippen LogP contribution in [0.15, 0.2) is 30.3 Å². The van der Waals surface area contributed by atoms with Crippen LogP contribution in [0.1, 0.15) is 46.1 Å². The number of likely N-dealkylation sites (tertiary alicyclic amines) is 1. The molecule has 1 saturated heterocycles. The standard InChI is InChI=1S/C23H33N3O6/c1-15(21(29)30)24-19(27)17-10-12-26(13-11-17)20(28)18(14-16-8-6-5-7-9-16)25-22(31)32-23(2,3)4/h5-9,15,17-18H,10-14H2,1-4H3,(H,24,27)(H,25,31)(H,29,30)/t15-,18-/m1/s1. The fourth-order valence-electron chi connectivity index (χ4n) is 3.48. The normalized spacial score (nSPS) is 16.6. The number of benzene rings is 1. The molecule has 0 aliphatic carbocycles. The van der Waals surface area contributed by atoms with Crippen LogP contribution in [0.5, 0.6) is 0 Å². The molecule has 3 N–H and O–H groups in total. The Balaban J connectivity index is 2.02. The minimum absolute atomic E-state index is 0.238. The maximum atomic E-state index is 13.2. The summed E-state index contributed by atoms with van der Waals surface area (Å²) in [6.07, 6.45) is 0.502. The van der Waals surface area contributed by atoms with Crippen molar-refractivity contribution in [1.29, 1.82) is 0 Å². The first kappa shape index (κ1) is 25.2. The molecule has 3 amide bonds. The van der Waals surface area contributed by atoms with Crippen molar-refractivity contribution in [1.82, 2.24) is 15.5 Å². The van der Waals surface area contributed by atoms with Gasteiger partial charge in [-0.1, -0.05) is 30.3 Å². The Morgan fingerprint density at radius 2 is 1.69 bits per heavy atom. The summed E-state index contributed by atoms with van der Waals surface area (Å²) in [4.78, 5) is 50.4. The highest BCUT2D eigenvalue weighted by Crippen LogP contribution is 2.19. The molecule has 0 spiro atoms. The van der Waals surface area contributed by atoms with E-state index in [1.807, 2.05) is 30.3 Å². The van der Waals surface area contributed by atoms with Gasteiger partial charge in [0.2, 0.25) is 11.8 Å². The number of nitrogens with one attached hydrogen (secondary N) is 2. The van der Waals surface area contributed by atoms with Gasteiger partial charge >= 0.3 is 12.1 Å². The lowest BCUT2D eigenvalue weighted by atomic mass is 9.94. The maximum Gasteiger partial charge on any atom is 0.408 e. The van der Waals surface area contributed by atoms with Crippen molar-refractivity contribution in [3.8, 4) is 0 Å². The molecule has 0 radical (unpaired) electrons. The van der Waals surface area contributed by atoms with Crippen molar-refractivity contribution in [2.24, 2.45) is 5.92 Å². The molecule has 0 saturated carbocycles. The second-order valence-electron chi connectivity index (χ2n) is 9.06. The third kappa shape index (κ3) is 7.86. The molecule has 0 aromatic heterocycles. The Bertz CT molecular complexity index is 813. The van der Waals surface area contributed by atoms with Gasteiger partial charge in [-0.05, 0) is 46.1 Å². The Morgan fingerprint density at radius 1 is 1.09 bits per heavy atom. The minimum Gasteiger partial charge on any atom is -0.480 e. The maximum absolute atomic E-state index is 13.2. The molecule has 176 valence electrons. The molecule has 9 nitrogen and oxygen atoms in total. The number of aliphatic carboxylic acids is 1. The molecule has 1 aromatic rings. The second-order valence-corrected chi connectivity index (χ2v) is 9.06. The van der Waals surface area contributed by atoms with E-state index in [2.05, 4.69) is 10.6 Å². The number of nitrogens with zero attached hydrogens (tertiary/aromatic N) is 1. The van der Waals surface area contributed by atoms with Gasteiger partial charge in [-0.3, -0.25) is 14.4 Å². The van der Waals surface area contributed by atoms with E-state index in [4.69, 9.17) is 9.84 Å². The molecule has 1 aromatic carbocycles. The monoisotopic (exact) mass is 447 g/mol. The first-order valence-electron chi connectivity index (χ1n) is 10.8. The summed E-state index contributed by atoms with van der Waals surface area (Å²) in [6, 6.07) is 7.62. The van der Waals surface area contributed by atoms with E-state index in [1.54, 1.807) is 25.7 Å². The van der Waals surface area contributed by atoms with E-state index >= 15 is 0 Å². The van der Waals surface area contributed by atoms with Gasteiger partial charge in [0.25, 0.3) is 0 Å². The first-order valence-corrected chi connectivity index (χ1v) is 10.8. The van der Waals surface area contributed by atoms with E-state index < -0.39 is 29.7 Å². The lowest BCUT2D eigenvalue weighted by Crippen LogP contribution is -2.53. The van der Waals surface area contributed by atoms with Crippen molar-refractivity contribution in [3.63, 3.8) is 0 Å². The Kier molecular flexibility index (Phi) is 8.63. The second kappa shape index (κ2) is 11.0. The number of carboxylic acids is 1. The number of amides is 3. The number of alkyl carbamates (subject to hydrolysis) is 1. The van der Waals surface area contributed by atoms with Crippen LogP contribution >= 0.6 is 0 Å². The van der Waals surface area contributed by atoms with Crippen molar-refractivity contribution in [3.05, 3.63) is 35.9 Å². The van der Waals surface area contributed by atoms with Gasteiger partial charge in [0.15, 0.2) is 0 Å². The summed E-state index contributed by atoms with van der Waals surface area (Å²) in [7, 11) is 0. The third-order valence-corrected chi connectivity index (χ3v) is 5.18. The SMILES string of the molecule is C[C@@H](NC(=O)C1CCN(C(=O)[C@@H](Cc2ccccc2)NC(=O)OC(C)(C)C)CC1)C(=O)O. The number of carbonyl (C=O) groups is 4. The Labute approximate surface area is 188 Å². The largest absolute Gasteiger partial charge is 0.480 e. The van der Waals surface area contributed by atoms with E-state index in [0.29, 0.717) is 32.4 Å². The summed E-state index contributed by atoms with van der Waals surface area (Å²) < 4.78 is 5.33. The highest BCUT2D eigenvalue weighted by atomic mass is 16.6. The quantitative estimate of drug-likeness (QED) is 0.587. The lowest BCUT2D eigenvalue weighted by molar-refractivity contribution is -0.142. The van der Waals surface area contributed by atoms with Crippen LogP contribution in [0.4, 0.5) is 4.79 Å². The number of ether oxygens (including phenoxy) is 1. The van der Waals surface area contributed by atoms with E-state index in [1.165, 1.54) is 6.92 Å². The summed E-state index contributed by atoms with van der Waals surface area (Å²) in [6.45, 7) is 7.36. The summed E-state index contributed by atoms with van der Waals surface area (Å²) >= 11 is 0. The molecule has 2 rings (SSSR count). The minimum atomic E-state index is -1.09. The number of hydrogen-bond acceptors (Lipinski definition) is 5. The van der Waals surface area contributed by atoms with Gasteiger partial charge in [0.05, 0.1) is 0 Å². The van der Waals surface area contributed by atoms with Gasteiger partial charge in [-0.2, -0.15) is 0 Å². The molecule has 0 bridgehead atoms. The zero-order valence-corrected chi connectivity index (χ0v) is 19.1. The molecule has 32 heavy (non-hydrogen) atoms. The summed E-state index contributed by atoms with van der Waals surface area (Å²) in [5.41, 5.74) is 0.210. The zero-order valence-electron chi connectivity index (χ0n) is 19.1. The fourth-order valence-corrected chi connectivity index (χ4v) is 3.48. The molecule has 1 aliphatic heterocycles. The molecule has 9 heteroatoms. The predicted octanol–water partition coefficient (Wildman–Crippen LogP) is 1.95. The van der Waals surface area contributed by atoms with Crippen LogP contribution < -0.4 is 10.6 Å². The smallest absolute Gasteiger partial charge is 0.408 e. The van der Waals surface area contributed by atoms with Crippen molar-refractivity contribution >= 4 is 23.9 Å². The average Bonchev–Trinajstić information content (AvgIpc) is 2.72. The molecule has 1 fully saturated rings. The molecular weight excluding hydrogens is 414 g/mol. The van der Waals surface area contributed by atoms with E-state index in [9.17, 15) is 19.2 Å². The topological polar surface area (TPSA) is 125 Å². The van der Waals surface area contributed by atoms with Gasteiger partial charge in [0, 0.05) is 25.4 Å². The molecule has 0 unspecified atom stereocenters. The van der Waals surface area contributed by atoms with Crippen LogP contribution in [-0.4, -0.2) is 64.7 Å². The van der Waals surface area contributed by atoms with Gasteiger partial charge in [0.1, 0.15) is 17.7 Å². The van der Waals surface area contributed by atoms with Gasteiger partial charge in [-0.25, -0.2) is 4.79 Å². The van der Waals surface area contributed by atoms with Gasteiger partial charge in [-0.15, -0.1) is 0 Å². The number of piperidine rings is 1. The number of carbonyl (C=O) groups excluding carboxylic acids is 3. The molecular formula is C23H33N3O6. The highest BCUT2D eigenvalue weighted by molar-refractivity contribution is 5.87. The highest BCUT2D eigenvalue weighted by Gasteiger charge is 2.33. The van der Waals surface area contributed by atoms with Crippen molar-refractivity contribution in [2.45, 2.75) is 64.6 Å². The van der Waals surface area contributed by atoms with Crippen LogP contribution in [0.3, 0.4) is 0 Å². The predicted molar refractivity (Wildman–Crippen MR) is 118 cm³/mol. The number of hydrogen-bond donors (Lipinski definition) is 3.